The molecule has 5 nitrogen and oxygen atoms in total. The maximum absolute atomic E-state index is 11.8. The van der Waals surface area contributed by atoms with Gasteiger partial charge < -0.3 is 5.11 Å². The minimum atomic E-state index is -3.78. The van der Waals surface area contributed by atoms with E-state index in [1.165, 1.54) is 19.1 Å². The van der Waals surface area contributed by atoms with Crippen molar-refractivity contribution >= 4 is 38.6 Å². The van der Waals surface area contributed by atoms with Gasteiger partial charge in [-0.2, -0.15) is 4.72 Å². The van der Waals surface area contributed by atoms with E-state index in [9.17, 15) is 13.2 Å². The average molecular weight is 369 g/mol. The molecule has 17 heavy (non-hydrogen) atoms. The van der Waals surface area contributed by atoms with Gasteiger partial charge in [0.2, 0.25) is 10.0 Å². The molecule has 94 valence electrons. The quantitative estimate of drug-likeness (QED) is 0.785. The predicted octanol–water partition coefficient (Wildman–Crippen LogP) is 1.35. The van der Waals surface area contributed by atoms with Gasteiger partial charge in [0, 0.05) is 3.57 Å². The van der Waals surface area contributed by atoms with E-state index >= 15 is 0 Å². The third-order valence-electron chi connectivity index (χ3n) is 2.16. The second-order valence-corrected chi connectivity index (χ2v) is 6.47. The number of aryl methyl sites for hydroxylation is 1. The van der Waals surface area contributed by atoms with Gasteiger partial charge in [-0.1, -0.05) is 6.07 Å². The van der Waals surface area contributed by atoms with Crippen molar-refractivity contribution in [3.63, 3.8) is 0 Å². The minimum Gasteiger partial charge on any atom is -0.480 e. The molecule has 2 N–H and O–H groups in total. The van der Waals surface area contributed by atoms with Crippen molar-refractivity contribution in [1.82, 2.24) is 4.72 Å². The van der Waals surface area contributed by atoms with E-state index in [0.717, 1.165) is 9.13 Å². The third-order valence-corrected chi connectivity index (χ3v) is 4.86. The Kier molecular flexibility index (Phi) is 4.50. The molecule has 1 atom stereocenters. The fourth-order valence-corrected chi connectivity index (χ4v) is 3.04. The Labute approximate surface area is 113 Å². The molecule has 0 saturated carbocycles. The molecule has 1 aromatic carbocycles. The zero-order valence-electron chi connectivity index (χ0n) is 9.27. The van der Waals surface area contributed by atoms with Crippen LogP contribution in [0.2, 0.25) is 0 Å². The molecule has 0 radical (unpaired) electrons. The van der Waals surface area contributed by atoms with Gasteiger partial charge >= 0.3 is 5.97 Å². The van der Waals surface area contributed by atoms with E-state index in [-0.39, 0.29) is 4.90 Å². The number of rotatable bonds is 4. The van der Waals surface area contributed by atoms with Crippen molar-refractivity contribution in [3.8, 4) is 0 Å². The van der Waals surface area contributed by atoms with Crippen LogP contribution in [0.25, 0.3) is 0 Å². The summed E-state index contributed by atoms with van der Waals surface area (Å²) in [5.41, 5.74) is 0.968. The Morgan fingerprint density at radius 2 is 2.06 bits per heavy atom. The molecule has 0 aliphatic heterocycles. The molecule has 7 heteroatoms. The van der Waals surface area contributed by atoms with Crippen LogP contribution in [0.4, 0.5) is 0 Å². The second-order valence-electron chi connectivity index (χ2n) is 3.59. The van der Waals surface area contributed by atoms with Crippen molar-refractivity contribution in [1.29, 1.82) is 0 Å². The summed E-state index contributed by atoms with van der Waals surface area (Å²) in [6.07, 6.45) is 0. The highest BCUT2D eigenvalue weighted by atomic mass is 127. The molecule has 0 heterocycles. The highest BCUT2D eigenvalue weighted by Crippen LogP contribution is 2.17. The number of aliphatic carboxylic acids is 1. The summed E-state index contributed by atoms with van der Waals surface area (Å²) in [6, 6.07) is 3.49. The highest BCUT2D eigenvalue weighted by molar-refractivity contribution is 14.1. The summed E-state index contributed by atoms with van der Waals surface area (Å²) in [5.74, 6) is -1.21. The van der Waals surface area contributed by atoms with E-state index in [1.54, 1.807) is 6.07 Å². The molecule has 0 saturated heterocycles. The number of hydrogen-bond acceptors (Lipinski definition) is 3. The maximum atomic E-state index is 11.8. The van der Waals surface area contributed by atoms with Crippen molar-refractivity contribution < 1.29 is 18.3 Å². The van der Waals surface area contributed by atoms with Crippen LogP contribution < -0.4 is 4.72 Å². The van der Waals surface area contributed by atoms with Gasteiger partial charge in [-0.25, -0.2) is 8.42 Å². The number of halogens is 1. The zero-order chi connectivity index (χ0) is 13.2. The second kappa shape index (κ2) is 5.32. The average Bonchev–Trinajstić information content (AvgIpc) is 2.21. The molecule has 0 fully saturated rings. The lowest BCUT2D eigenvalue weighted by molar-refractivity contribution is -0.138. The lowest BCUT2D eigenvalue weighted by Crippen LogP contribution is -2.38. The van der Waals surface area contributed by atoms with Crippen LogP contribution in [0.15, 0.2) is 23.1 Å². The summed E-state index contributed by atoms with van der Waals surface area (Å²) in [6.45, 7) is 3.14. The SMILES string of the molecule is Cc1ccc(S(=O)(=O)N[C@@H](C)C(=O)O)cc1I. The first-order chi connectivity index (χ1) is 7.74. The largest absolute Gasteiger partial charge is 0.480 e. The third kappa shape index (κ3) is 3.65. The van der Waals surface area contributed by atoms with Gasteiger partial charge in [0.15, 0.2) is 0 Å². The monoisotopic (exact) mass is 369 g/mol. The van der Waals surface area contributed by atoms with E-state index in [0.29, 0.717) is 0 Å². The Bertz CT molecular complexity index is 541. The van der Waals surface area contributed by atoms with Crippen LogP contribution in [-0.4, -0.2) is 25.5 Å². The first-order valence-corrected chi connectivity index (χ1v) is 7.31. The standard InChI is InChI=1S/C10H12INO4S/c1-6-3-4-8(5-9(6)11)17(15,16)12-7(2)10(13)14/h3-5,7,12H,1-2H3,(H,13,14)/t7-/m0/s1. The van der Waals surface area contributed by atoms with Gasteiger partial charge in [0.25, 0.3) is 0 Å². The van der Waals surface area contributed by atoms with Crippen LogP contribution in [0.5, 0.6) is 0 Å². The molecule has 0 unspecified atom stereocenters. The van der Waals surface area contributed by atoms with E-state index in [1.807, 2.05) is 29.5 Å². The lowest BCUT2D eigenvalue weighted by atomic mass is 10.2. The summed E-state index contributed by atoms with van der Waals surface area (Å²) >= 11 is 2.03. The Balaban J connectivity index is 3.05. The number of benzene rings is 1. The number of carboxylic acid groups (broad SMARTS) is 1. The molecule has 0 aromatic heterocycles. The van der Waals surface area contributed by atoms with Crippen molar-refractivity contribution in [2.24, 2.45) is 0 Å². The Hall–Kier alpha value is -0.670. The Morgan fingerprint density at radius 3 is 2.53 bits per heavy atom. The highest BCUT2D eigenvalue weighted by Gasteiger charge is 2.21. The molecule has 0 amide bonds. The molecule has 0 bridgehead atoms. The molecule has 1 rings (SSSR count). The molecule has 1 aromatic rings. The number of carboxylic acids is 1. The molecule has 0 aliphatic rings. The number of hydrogen-bond donors (Lipinski definition) is 2. The molecular formula is C10H12INO4S. The van der Waals surface area contributed by atoms with E-state index in [2.05, 4.69) is 4.72 Å². The maximum Gasteiger partial charge on any atom is 0.321 e. The topological polar surface area (TPSA) is 83.5 Å². The van der Waals surface area contributed by atoms with Gasteiger partial charge in [-0.3, -0.25) is 4.79 Å². The van der Waals surface area contributed by atoms with Crippen molar-refractivity contribution in [2.75, 3.05) is 0 Å². The van der Waals surface area contributed by atoms with Gasteiger partial charge in [-0.15, -0.1) is 0 Å². The van der Waals surface area contributed by atoms with Crippen LogP contribution in [0.1, 0.15) is 12.5 Å². The van der Waals surface area contributed by atoms with Crippen LogP contribution in [-0.2, 0) is 14.8 Å². The van der Waals surface area contributed by atoms with Gasteiger partial charge in [-0.05, 0) is 54.1 Å². The first-order valence-electron chi connectivity index (χ1n) is 4.75. The van der Waals surface area contributed by atoms with E-state index < -0.39 is 22.0 Å². The lowest BCUT2D eigenvalue weighted by Gasteiger charge is -2.11. The summed E-state index contributed by atoms with van der Waals surface area (Å²) in [4.78, 5) is 10.7. The smallest absolute Gasteiger partial charge is 0.321 e. The number of carbonyl (C=O) groups is 1. The summed E-state index contributed by atoms with van der Waals surface area (Å²) < 4.78 is 26.6. The van der Waals surface area contributed by atoms with Crippen molar-refractivity contribution in [3.05, 3.63) is 27.3 Å². The van der Waals surface area contributed by atoms with E-state index in [4.69, 9.17) is 5.11 Å². The predicted molar refractivity (Wildman–Crippen MR) is 71.3 cm³/mol. The fourth-order valence-electron chi connectivity index (χ4n) is 1.09. The van der Waals surface area contributed by atoms with Gasteiger partial charge in [0.05, 0.1) is 4.90 Å². The van der Waals surface area contributed by atoms with Crippen LogP contribution >= 0.6 is 22.6 Å². The molecule has 0 aliphatic carbocycles. The fraction of sp³-hybridized carbons (Fsp3) is 0.300. The van der Waals surface area contributed by atoms with Crippen LogP contribution in [0, 0.1) is 10.5 Å². The molecule has 0 spiro atoms. The van der Waals surface area contributed by atoms with Crippen molar-refractivity contribution in [2.45, 2.75) is 24.8 Å². The summed E-state index contributed by atoms with van der Waals surface area (Å²) in [7, 11) is -3.78. The first kappa shape index (κ1) is 14.4. The summed E-state index contributed by atoms with van der Waals surface area (Å²) in [5, 5.41) is 8.66. The number of nitrogens with one attached hydrogen (secondary N) is 1. The zero-order valence-corrected chi connectivity index (χ0v) is 12.2. The van der Waals surface area contributed by atoms with Gasteiger partial charge in [0.1, 0.15) is 6.04 Å². The van der Waals surface area contributed by atoms with Crippen LogP contribution in [0.3, 0.4) is 0 Å². The Morgan fingerprint density at radius 1 is 1.47 bits per heavy atom. The molecular weight excluding hydrogens is 357 g/mol. The minimum absolute atomic E-state index is 0.0700. The normalized spacial score (nSPS) is 13.4. The number of sulfonamides is 1.